The Morgan fingerprint density at radius 1 is 1.09 bits per heavy atom. The quantitative estimate of drug-likeness (QED) is 0.934. The van der Waals surface area contributed by atoms with E-state index in [4.69, 9.17) is 0 Å². The average Bonchev–Trinajstić information content (AvgIpc) is 2.57. The van der Waals surface area contributed by atoms with Crippen LogP contribution in [0.1, 0.15) is 28.7 Å². The van der Waals surface area contributed by atoms with Crippen LogP contribution in [0.3, 0.4) is 0 Å². The van der Waals surface area contributed by atoms with Crippen LogP contribution in [0.15, 0.2) is 42.5 Å². The normalized spacial score (nSPS) is 14.3. The standard InChI is InChI=1S/C20H24N2O/c1-15-6-5-9-19(16(15)2)21-20(23)11-13-22-12-10-17-7-3-4-8-18(17)14-22/h3-9H,10-14H2,1-2H3,(H,21,23). The van der Waals surface area contributed by atoms with Crippen molar-refractivity contribution in [3.63, 3.8) is 0 Å². The van der Waals surface area contributed by atoms with Crippen LogP contribution in [-0.4, -0.2) is 23.9 Å². The van der Waals surface area contributed by atoms with Gasteiger partial charge in [0, 0.05) is 31.7 Å². The molecule has 0 aliphatic carbocycles. The second-order valence-electron chi connectivity index (χ2n) is 6.34. The van der Waals surface area contributed by atoms with E-state index < -0.39 is 0 Å². The number of carbonyl (C=O) groups excluding carboxylic acids is 1. The first-order valence-electron chi connectivity index (χ1n) is 8.28. The molecule has 120 valence electrons. The summed E-state index contributed by atoms with van der Waals surface area (Å²) in [6, 6.07) is 14.6. The van der Waals surface area contributed by atoms with Crippen molar-refractivity contribution < 1.29 is 4.79 Å². The van der Waals surface area contributed by atoms with E-state index in [-0.39, 0.29) is 5.91 Å². The number of amides is 1. The summed E-state index contributed by atoms with van der Waals surface area (Å²) >= 11 is 0. The van der Waals surface area contributed by atoms with E-state index in [0.717, 1.165) is 37.3 Å². The van der Waals surface area contributed by atoms with Crippen molar-refractivity contribution in [2.24, 2.45) is 0 Å². The minimum Gasteiger partial charge on any atom is -0.326 e. The first kappa shape index (κ1) is 15.8. The lowest BCUT2D eigenvalue weighted by molar-refractivity contribution is -0.116. The van der Waals surface area contributed by atoms with Crippen molar-refractivity contribution >= 4 is 11.6 Å². The molecule has 2 aromatic rings. The maximum atomic E-state index is 12.2. The highest BCUT2D eigenvalue weighted by Gasteiger charge is 2.16. The number of hydrogen-bond acceptors (Lipinski definition) is 2. The number of aryl methyl sites for hydroxylation is 1. The topological polar surface area (TPSA) is 32.3 Å². The van der Waals surface area contributed by atoms with Gasteiger partial charge in [-0.25, -0.2) is 0 Å². The number of nitrogens with one attached hydrogen (secondary N) is 1. The highest BCUT2D eigenvalue weighted by atomic mass is 16.1. The number of fused-ring (bicyclic) bond motifs is 1. The molecule has 2 aromatic carbocycles. The molecule has 0 spiro atoms. The van der Waals surface area contributed by atoms with Gasteiger partial charge in [0.25, 0.3) is 0 Å². The summed E-state index contributed by atoms with van der Waals surface area (Å²) in [6.45, 7) is 6.91. The molecule has 0 fully saturated rings. The van der Waals surface area contributed by atoms with E-state index in [0.29, 0.717) is 6.42 Å². The predicted octanol–water partition coefficient (Wildman–Crippen LogP) is 3.69. The minimum absolute atomic E-state index is 0.0950. The summed E-state index contributed by atoms with van der Waals surface area (Å²) in [5.74, 6) is 0.0950. The van der Waals surface area contributed by atoms with E-state index >= 15 is 0 Å². The lowest BCUT2D eigenvalue weighted by Gasteiger charge is -2.28. The fourth-order valence-electron chi connectivity index (χ4n) is 3.10. The van der Waals surface area contributed by atoms with Crippen LogP contribution < -0.4 is 5.32 Å². The first-order valence-corrected chi connectivity index (χ1v) is 8.28. The minimum atomic E-state index is 0.0950. The molecule has 3 heteroatoms. The Hall–Kier alpha value is -2.13. The second kappa shape index (κ2) is 6.97. The molecule has 0 saturated heterocycles. The van der Waals surface area contributed by atoms with Crippen LogP contribution in [0, 0.1) is 13.8 Å². The lowest BCUT2D eigenvalue weighted by Crippen LogP contribution is -2.33. The molecule has 1 aliphatic heterocycles. The molecule has 0 aromatic heterocycles. The van der Waals surface area contributed by atoms with E-state index in [2.05, 4.69) is 47.5 Å². The van der Waals surface area contributed by atoms with Gasteiger partial charge in [-0.1, -0.05) is 36.4 Å². The molecule has 3 rings (SSSR count). The molecule has 1 aliphatic rings. The average molecular weight is 308 g/mol. The molecular weight excluding hydrogens is 284 g/mol. The Kier molecular flexibility index (Phi) is 4.77. The predicted molar refractivity (Wildman–Crippen MR) is 94.6 cm³/mol. The number of nitrogens with zero attached hydrogens (tertiary/aromatic N) is 1. The number of rotatable bonds is 4. The van der Waals surface area contributed by atoms with E-state index in [1.54, 1.807) is 0 Å². The van der Waals surface area contributed by atoms with Crippen LogP contribution in [0.5, 0.6) is 0 Å². The largest absolute Gasteiger partial charge is 0.326 e. The van der Waals surface area contributed by atoms with Gasteiger partial charge in [-0.05, 0) is 48.6 Å². The van der Waals surface area contributed by atoms with Crippen molar-refractivity contribution in [2.75, 3.05) is 18.4 Å². The lowest BCUT2D eigenvalue weighted by atomic mass is 10.00. The van der Waals surface area contributed by atoms with Gasteiger partial charge in [-0.15, -0.1) is 0 Å². The van der Waals surface area contributed by atoms with Crippen LogP contribution in [-0.2, 0) is 17.8 Å². The zero-order valence-electron chi connectivity index (χ0n) is 13.9. The molecule has 1 amide bonds. The number of anilines is 1. The van der Waals surface area contributed by atoms with Crippen molar-refractivity contribution in [2.45, 2.75) is 33.2 Å². The van der Waals surface area contributed by atoms with Gasteiger partial charge in [0.05, 0.1) is 0 Å². The zero-order valence-corrected chi connectivity index (χ0v) is 13.9. The van der Waals surface area contributed by atoms with Crippen molar-refractivity contribution in [3.8, 4) is 0 Å². The number of carbonyl (C=O) groups is 1. The van der Waals surface area contributed by atoms with Crippen molar-refractivity contribution in [1.82, 2.24) is 4.90 Å². The highest BCUT2D eigenvalue weighted by molar-refractivity contribution is 5.91. The van der Waals surface area contributed by atoms with Gasteiger partial charge in [0.15, 0.2) is 0 Å². The van der Waals surface area contributed by atoms with Gasteiger partial charge in [0.1, 0.15) is 0 Å². The summed E-state index contributed by atoms with van der Waals surface area (Å²) in [6.07, 6.45) is 1.62. The third-order valence-electron chi connectivity index (χ3n) is 4.74. The zero-order chi connectivity index (χ0) is 16.2. The molecule has 0 atom stereocenters. The second-order valence-corrected chi connectivity index (χ2v) is 6.34. The van der Waals surface area contributed by atoms with E-state index in [1.165, 1.54) is 16.7 Å². The van der Waals surface area contributed by atoms with Crippen LogP contribution >= 0.6 is 0 Å². The molecule has 3 nitrogen and oxygen atoms in total. The van der Waals surface area contributed by atoms with Crippen LogP contribution in [0.25, 0.3) is 0 Å². The molecular formula is C20H24N2O. The third kappa shape index (κ3) is 3.80. The maximum absolute atomic E-state index is 12.2. The molecule has 0 radical (unpaired) electrons. The van der Waals surface area contributed by atoms with Crippen LogP contribution in [0.4, 0.5) is 5.69 Å². The molecule has 0 saturated carbocycles. The molecule has 1 heterocycles. The summed E-state index contributed by atoms with van der Waals surface area (Å²) < 4.78 is 0. The fourth-order valence-corrected chi connectivity index (χ4v) is 3.10. The number of hydrogen-bond donors (Lipinski definition) is 1. The fraction of sp³-hybridized carbons (Fsp3) is 0.350. The third-order valence-corrected chi connectivity index (χ3v) is 4.74. The maximum Gasteiger partial charge on any atom is 0.225 e. The highest BCUT2D eigenvalue weighted by Crippen LogP contribution is 2.20. The van der Waals surface area contributed by atoms with Gasteiger partial charge < -0.3 is 5.32 Å². The molecule has 1 N–H and O–H groups in total. The van der Waals surface area contributed by atoms with Gasteiger partial charge in [-0.3, -0.25) is 9.69 Å². The van der Waals surface area contributed by atoms with Crippen molar-refractivity contribution in [1.29, 1.82) is 0 Å². The smallest absolute Gasteiger partial charge is 0.225 e. The Balaban J connectivity index is 1.53. The SMILES string of the molecule is Cc1cccc(NC(=O)CCN2CCc3ccccc3C2)c1C. The van der Waals surface area contributed by atoms with E-state index in [9.17, 15) is 4.79 Å². The van der Waals surface area contributed by atoms with E-state index in [1.807, 2.05) is 19.1 Å². The molecule has 0 unspecified atom stereocenters. The Morgan fingerprint density at radius 2 is 1.87 bits per heavy atom. The monoisotopic (exact) mass is 308 g/mol. The van der Waals surface area contributed by atoms with Gasteiger partial charge in [-0.2, -0.15) is 0 Å². The first-order chi connectivity index (χ1) is 11.1. The number of benzene rings is 2. The molecule has 23 heavy (non-hydrogen) atoms. The van der Waals surface area contributed by atoms with Crippen LogP contribution in [0.2, 0.25) is 0 Å². The van der Waals surface area contributed by atoms with Gasteiger partial charge in [0.2, 0.25) is 5.91 Å². The summed E-state index contributed by atoms with van der Waals surface area (Å²) in [5, 5.41) is 3.04. The Bertz CT molecular complexity index is 709. The summed E-state index contributed by atoms with van der Waals surface area (Å²) in [4.78, 5) is 14.6. The Morgan fingerprint density at radius 3 is 2.70 bits per heavy atom. The molecule has 0 bridgehead atoms. The Labute approximate surface area is 138 Å². The van der Waals surface area contributed by atoms with Crippen molar-refractivity contribution in [3.05, 3.63) is 64.7 Å². The summed E-state index contributed by atoms with van der Waals surface area (Å²) in [5.41, 5.74) is 6.12. The summed E-state index contributed by atoms with van der Waals surface area (Å²) in [7, 11) is 0. The van der Waals surface area contributed by atoms with Gasteiger partial charge >= 0.3 is 0 Å².